The molecule has 1 rings (SSSR count). The van der Waals surface area contributed by atoms with E-state index in [0.717, 1.165) is 0 Å². The normalized spacial score (nSPS) is 11.4. The molecule has 0 amide bonds. The van der Waals surface area contributed by atoms with E-state index >= 15 is 0 Å². The predicted octanol–water partition coefficient (Wildman–Crippen LogP) is 1.33. The maximum absolute atomic E-state index is 10.5. The number of ether oxygens (including phenoxy) is 2. The molecule has 0 heterocycles. The number of hydrogen-bond acceptors (Lipinski definition) is 5. The van der Waals surface area contributed by atoms with Crippen molar-refractivity contribution in [3.63, 3.8) is 0 Å². The molecule has 1 aromatic carbocycles. The number of carboxylic acids is 1. The second kappa shape index (κ2) is 7.24. The van der Waals surface area contributed by atoms with E-state index in [9.17, 15) is 4.79 Å². The number of benzene rings is 1. The Morgan fingerprint density at radius 1 is 1.53 bits per heavy atom. The van der Waals surface area contributed by atoms with Crippen molar-refractivity contribution in [2.24, 2.45) is 0 Å². The summed E-state index contributed by atoms with van der Waals surface area (Å²) in [7, 11) is 1.53. The molecule has 6 heteroatoms. The lowest BCUT2D eigenvalue weighted by molar-refractivity contribution is -0.136. The van der Waals surface area contributed by atoms with Crippen molar-refractivity contribution in [2.75, 3.05) is 20.3 Å². The van der Waals surface area contributed by atoms with Crippen molar-refractivity contribution in [2.45, 2.75) is 13.0 Å². The molecule has 0 aliphatic heterocycles. The third-order valence-corrected chi connectivity index (χ3v) is 2.41. The molecule has 19 heavy (non-hydrogen) atoms. The van der Waals surface area contributed by atoms with Crippen molar-refractivity contribution in [3.05, 3.63) is 23.8 Å². The number of methoxy groups -OCH3 is 1. The molecule has 0 aliphatic rings. The average molecular weight is 264 g/mol. The molecule has 1 aromatic rings. The van der Waals surface area contributed by atoms with E-state index in [0.29, 0.717) is 23.7 Å². The van der Waals surface area contributed by atoms with Gasteiger partial charge in [0.05, 0.1) is 26.3 Å². The zero-order chi connectivity index (χ0) is 14.3. The van der Waals surface area contributed by atoms with Gasteiger partial charge in [0.1, 0.15) is 6.04 Å². The number of aliphatic carboxylic acids is 1. The third-order valence-electron chi connectivity index (χ3n) is 2.41. The Balaban J connectivity index is 2.95. The first kappa shape index (κ1) is 14.8. The summed E-state index contributed by atoms with van der Waals surface area (Å²) in [5.41, 5.74) is 0.632. The van der Waals surface area contributed by atoms with E-state index < -0.39 is 12.0 Å². The first-order valence-electron chi connectivity index (χ1n) is 5.77. The highest BCUT2D eigenvalue weighted by Gasteiger charge is 2.14. The Morgan fingerprint density at radius 2 is 2.26 bits per heavy atom. The molecule has 0 saturated heterocycles. The van der Waals surface area contributed by atoms with Gasteiger partial charge in [0, 0.05) is 0 Å². The molecule has 0 saturated carbocycles. The Morgan fingerprint density at radius 3 is 2.79 bits per heavy atom. The number of carboxylic acid groups (broad SMARTS) is 1. The zero-order valence-electron chi connectivity index (χ0n) is 10.8. The maximum atomic E-state index is 10.5. The molecule has 1 unspecified atom stereocenters. The van der Waals surface area contributed by atoms with Crippen LogP contribution in [-0.4, -0.2) is 31.3 Å². The van der Waals surface area contributed by atoms with Gasteiger partial charge in [-0.2, -0.15) is 5.26 Å². The summed E-state index contributed by atoms with van der Waals surface area (Å²) in [5, 5.41) is 20.3. The number of nitriles is 1. The number of nitrogens with zero attached hydrogens (tertiary/aromatic N) is 1. The maximum Gasteiger partial charge on any atom is 0.317 e. The predicted molar refractivity (Wildman–Crippen MR) is 68.2 cm³/mol. The molecule has 1 atom stereocenters. The minimum atomic E-state index is -1.02. The van der Waals surface area contributed by atoms with E-state index in [4.69, 9.17) is 19.8 Å². The molecule has 2 N–H and O–H groups in total. The highest BCUT2D eigenvalue weighted by molar-refractivity contribution is 5.69. The van der Waals surface area contributed by atoms with Crippen LogP contribution >= 0.6 is 0 Å². The van der Waals surface area contributed by atoms with Crippen LogP contribution in [0, 0.1) is 11.3 Å². The SMILES string of the molecule is CCOc1cc(C(C#N)NCC(=O)O)ccc1OC. The minimum Gasteiger partial charge on any atom is -0.493 e. The van der Waals surface area contributed by atoms with E-state index in [-0.39, 0.29) is 6.54 Å². The fourth-order valence-electron chi connectivity index (χ4n) is 1.57. The smallest absolute Gasteiger partial charge is 0.317 e. The van der Waals surface area contributed by atoms with E-state index in [2.05, 4.69) is 5.32 Å². The second-order valence-corrected chi connectivity index (χ2v) is 3.68. The molecule has 0 spiro atoms. The van der Waals surface area contributed by atoms with Gasteiger partial charge in [0.2, 0.25) is 0 Å². The standard InChI is InChI=1S/C13H16N2O4/c1-3-19-12-6-9(4-5-11(12)18-2)10(7-14)15-8-13(16)17/h4-6,10,15H,3,8H2,1-2H3,(H,16,17). The molecular formula is C13H16N2O4. The summed E-state index contributed by atoms with van der Waals surface area (Å²) < 4.78 is 10.6. The second-order valence-electron chi connectivity index (χ2n) is 3.68. The zero-order valence-corrected chi connectivity index (χ0v) is 10.8. The van der Waals surface area contributed by atoms with Crippen LogP contribution in [0.25, 0.3) is 0 Å². The van der Waals surface area contributed by atoms with Crippen molar-refractivity contribution in [1.82, 2.24) is 5.32 Å². The van der Waals surface area contributed by atoms with Crippen LogP contribution in [0.5, 0.6) is 11.5 Å². The molecule has 0 radical (unpaired) electrons. The largest absolute Gasteiger partial charge is 0.493 e. The molecule has 0 aliphatic carbocycles. The van der Waals surface area contributed by atoms with E-state index in [1.165, 1.54) is 7.11 Å². The van der Waals surface area contributed by atoms with Gasteiger partial charge in [-0.15, -0.1) is 0 Å². The van der Waals surface area contributed by atoms with Gasteiger partial charge in [0.15, 0.2) is 11.5 Å². The van der Waals surface area contributed by atoms with Crippen LogP contribution in [0.4, 0.5) is 0 Å². The van der Waals surface area contributed by atoms with Crippen molar-refractivity contribution >= 4 is 5.97 Å². The minimum absolute atomic E-state index is 0.284. The first-order chi connectivity index (χ1) is 9.12. The third kappa shape index (κ3) is 4.16. The fourth-order valence-corrected chi connectivity index (χ4v) is 1.57. The van der Waals surface area contributed by atoms with Crippen LogP contribution in [0.1, 0.15) is 18.5 Å². The lowest BCUT2D eigenvalue weighted by Gasteiger charge is -2.14. The lowest BCUT2D eigenvalue weighted by atomic mass is 10.1. The topological polar surface area (TPSA) is 91.6 Å². The Hall–Kier alpha value is -2.26. The quantitative estimate of drug-likeness (QED) is 0.772. The Kier molecular flexibility index (Phi) is 5.64. The average Bonchev–Trinajstić information content (AvgIpc) is 2.40. The highest BCUT2D eigenvalue weighted by Crippen LogP contribution is 2.30. The van der Waals surface area contributed by atoms with Gasteiger partial charge in [0.25, 0.3) is 0 Å². The summed E-state index contributed by atoms with van der Waals surface area (Å²) in [6.45, 7) is 2.03. The van der Waals surface area contributed by atoms with Gasteiger partial charge in [-0.3, -0.25) is 10.1 Å². The summed E-state index contributed by atoms with van der Waals surface area (Å²) in [6.07, 6.45) is 0. The molecule has 6 nitrogen and oxygen atoms in total. The van der Waals surface area contributed by atoms with Crippen molar-refractivity contribution in [1.29, 1.82) is 5.26 Å². The molecular weight excluding hydrogens is 248 g/mol. The monoisotopic (exact) mass is 264 g/mol. The molecule has 102 valence electrons. The van der Waals surface area contributed by atoms with Crippen LogP contribution in [0.2, 0.25) is 0 Å². The summed E-state index contributed by atoms with van der Waals surface area (Å²) in [4.78, 5) is 10.5. The molecule has 0 aromatic heterocycles. The van der Waals surface area contributed by atoms with Crippen LogP contribution in [0.15, 0.2) is 18.2 Å². The summed E-state index contributed by atoms with van der Waals surface area (Å²) >= 11 is 0. The lowest BCUT2D eigenvalue weighted by Crippen LogP contribution is -2.26. The summed E-state index contributed by atoms with van der Waals surface area (Å²) in [5.74, 6) is 0.0826. The Labute approximate surface area is 111 Å². The number of carbonyl (C=O) groups is 1. The fraction of sp³-hybridized carbons (Fsp3) is 0.385. The Bertz CT molecular complexity index is 482. The van der Waals surface area contributed by atoms with E-state index in [1.54, 1.807) is 18.2 Å². The number of hydrogen-bond donors (Lipinski definition) is 2. The first-order valence-corrected chi connectivity index (χ1v) is 5.77. The molecule has 0 bridgehead atoms. The van der Waals surface area contributed by atoms with Gasteiger partial charge < -0.3 is 14.6 Å². The van der Waals surface area contributed by atoms with Gasteiger partial charge >= 0.3 is 5.97 Å². The van der Waals surface area contributed by atoms with Crippen LogP contribution < -0.4 is 14.8 Å². The van der Waals surface area contributed by atoms with Crippen LogP contribution in [0.3, 0.4) is 0 Å². The summed E-state index contributed by atoms with van der Waals surface area (Å²) in [6, 6.07) is 6.36. The number of nitrogens with one attached hydrogen (secondary N) is 1. The number of rotatable bonds is 7. The van der Waals surface area contributed by atoms with Crippen molar-refractivity contribution in [3.8, 4) is 17.6 Å². The van der Waals surface area contributed by atoms with Crippen molar-refractivity contribution < 1.29 is 19.4 Å². The molecule has 0 fully saturated rings. The van der Waals surface area contributed by atoms with Gasteiger partial charge in [-0.25, -0.2) is 0 Å². The van der Waals surface area contributed by atoms with E-state index in [1.807, 2.05) is 13.0 Å². The van der Waals surface area contributed by atoms with Gasteiger partial charge in [-0.1, -0.05) is 6.07 Å². The highest BCUT2D eigenvalue weighted by atomic mass is 16.5. The van der Waals surface area contributed by atoms with Gasteiger partial charge in [-0.05, 0) is 24.6 Å². The van der Waals surface area contributed by atoms with Crippen LogP contribution in [-0.2, 0) is 4.79 Å².